The van der Waals surface area contributed by atoms with Crippen molar-refractivity contribution in [2.45, 2.75) is 0 Å². The molecule has 1 aliphatic heterocycles. The van der Waals surface area contributed by atoms with E-state index in [1.54, 1.807) is 24.5 Å². The van der Waals surface area contributed by atoms with Crippen molar-refractivity contribution in [2.24, 2.45) is 0 Å². The average molecular weight is 163 g/mol. The lowest BCUT2D eigenvalue weighted by Crippen LogP contribution is -2.16. The monoisotopic (exact) mass is 163 g/mol. The smallest absolute Gasteiger partial charge is 0.237 e. The maximum atomic E-state index is 10.4. The summed E-state index contributed by atoms with van der Waals surface area (Å²) in [7, 11) is 0. The fourth-order valence-electron chi connectivity index (χ4n) is 1.15. The lowest BCUT2D eigenvalue weighted by atomic mass is 10.2. The van der Waals surface area contributed by atoms with Gasteiger partial charge in [0, 0.05) is 0 Å². The minimum atomic E-state index is 0.423. The van der Waals surface area contributed by atoms with Crippen molar-refractivity contribution >= 4 is 6.29 Å². The molecule has 0 aromatic heterocycles. The summed E-state index contributed by atoms with van der Waals surface area (Å²) in [5.74, 6) is 1.14. The highest BCUT2D eigenvalue weighted by atomic mass is 16.6. The molecular weight excluding hydrogens is 156 g/mol. The molecule has 3 nitrogen and oxygen atoms in total. The van der Waals surface area contributed by atoms with Crippen LogP contribution < -0.4 is 9.47 Å². The molecule has 12 heavy (non-hydrogen) atoms. The number of rotatable bonds is 1. The second kappa shape index (κ2) is 2.85. The number of hydrogen-bond donors (Lipinski definition) is 0. The third kappa shape index (κ3) is 1.03. The molecule has 0 N–H and O–H groups in total. The summed E-state index contributed by atoms with van der Waals surface area (Å²) in [6.07, 6.45) is 1.80. The van der Waals surface area contributed by atoms with E-state index in [9.17, 15) is 4.79 Å². The van der Waals surface area contributed by atoms with Gasteiger partial charge in [0.2, 0.25) is 6.29 Å². The van der Waals surface area contributed by atoms with Gasteiger partial charge in [0.1, 0.15) is 13.2 Å². The molecule has 0 amide bonds. The molecule has 0 atom stereocenters. The van der Waals surface area contributed by atoms with Gasteiger partial charge in [-0.3, -0.25) is 4.79 Å². The van der Waals surface area contributed by atoms with E-state index in [0.29, 0.717) is 30.3 Å². The summed E-state index contributed by atoms with van der Waals surface area (Å²) in [5.41, 5.74) is 0.423. The average Bonchev–Trinajstić information content (AvgIpc) is 2.17. The summed E-state index contributed by atoms with van der Waals surface area (Å²) >= 11 is 0. The van der Waals surface area contributed by atoms with Gasteiger partial charge in [0.05, 0.1) is 5.56 Å². The zero-order valence-corrected chi connectivity index (χ0v) is 6.37. The van der Waals surface area contributed by atoms with Crippen molar-refractivity contribution in [3.05, 3.63) is 23.8 Å². The van der Waals surface area contributed by atoms with Crippen LogP contribution in [0.15, 0.2) is 18.2 Å². The van der Waals surface area contributed by atoms with E-state index >= 15 is 0 Å². The molecule has 0 spiro atoms. The molecule has 1 heterocycles. The summed E-state index contributed by atoms with van der Waals surface area (Å²) in [5, 5.41) is 0. The zero-order valence-electron chi connectivity index (χ0n) is 6.37. The normalized spacial score (nSPS) is 14.0. The molecule has 0 fully saturated rings. The van der Waals surface area contributed by atoms with Crippen molar-refractivity contribution in [3.8, 4) is 11.5 Å². The number of ether oxygens (including phenoxy) is 2. The van der Waals surface area contributed by atoms with E-state index in [1.807, 2.05) is 0 Å². The second-order valence-electron chi connectivity index (χ2n) is 2.43. The van der Waals surface area contributed by atoms with Crippen LogP contribution in [0.5, 0.6) is 11.5 Å². The fourth-order valence-corrected chi connectivity index (χ4v) is 1.15. The molecule has 0 saturated carbocycles. The molecule has 1 aromatic carbocycles. The Kier molecular flexibility index (Phi) is 1.70. The molecule has 0 unspecified atom stereocenters. The van der Waals surface area contributed by atoms with Gasteiger partial charge in [0.25, 0.3) is 0 Å². The van der Waals surface area contributed by atoms with E-state index < -0.39 is 0 Å². The van der Waals surface area contributed by atoms with Crippen LogP contribution in [-0.2, 0) is 4.79 Å². The van der Waals surface area contributed by atoms with Gasteiger partial charge in [-0.1, -0.05) is 6.07 Å². The highest BCUT2D eigenvalue weighted by Gasteiger charge is 2.14. The standard InChI is InChI=1S/C9H7O3/c10-6-7-2-1-3-8-9(7)12-5-4-11-8/h1-3H,4-5H2. The maximum Gasteiger partial charge on any atom is 0.237 e. The molecular formula is C9H7O3. The predicted molar refractivity (Wildman–Crippen MR) is 42.2 cm³/mol. The van der Waals surface area contributed by atoms with Gasteiger partial charge in [-0.25, -0.2) is 0 Å². The Balaban J connectivity index is 2.51. The first kappa shape index (κ1) is 7.16. The summed E-state index contributed by atoms with van der Waals surface area (Å²) < 4.78 is 10.5. The second-order valence-corrected chi connectivity index (χ2v) is 2.43. The van der Waals surface area contributed by atoms with E-state index in [4.69, 9.17) is 9.47 Å². The Labute approximate surface area is 69.9 Å². The molecule has 1 radical (unpaired) electrons. The van der Waals surface area contributed by atoms with Crippen molar-refractivity contribution in [1.82, 2.24) is 0 Å². The largest absolute Gasteiger partial charge is 0.486 e. The Morgan fingerprint density at radius 3 is 2.92 bits per heavy atom. The summed E-state index contributed by atoms with van der Waals surface area (Å²) in [6, 6.07) is 5.17. The Hall–Kier alpha value is -1.51. The van der Waals surface area contributed by atoms with Crippen LogP contribution in [0.3, 0.4) is 0 Å². The minimum absolute atomic E-state index is 0.423. The third-order valence-corrected chi connectivity index (χ3v) is 1.68. The summed E-state index contributed by atoms with van der Waals surface area (Å²) in [6.45, 7) is 1.03. The van der Waals surface area contributed by atoms with Crippen LogP contribution in [0.2, 0.25) is 0 Å². The van der Waals surface area contributed by atoms with Crippen molar-refractivity contribution in [1.29, 1.82) is 0 Å². The maximum absolute atomic E-state index is 10.4. The molecule has 0 saturated heterocycles. The van der Waals surface area contributed by atoms with E-state index in [1.165, 1.54) is 0 Å². The lowest BCUT2D eigenvalue weighted by molar-refractivity contribution is 0.171. The minimum Gasteiger partial charge on any atom is -0.486 e. The van der Waals surface area contributed by atoms with Gasteiger partial charge < -0.3 is 9.47 Å². The van der Waals surface area contributed by atoms with E-state index in [2.05, 4.69) is 0 Å². The summed E-state index contributed by atoms with van der Waals surface area (Å²) in [4.78, 5) is 10.4. The Bertz CT molecular complexity index is 307. The molecule has 1 aromatic rings. The highest BCUT2D eigenvalue weighted by Crippen LogP contribution is 2.32. The van der Waals surface area contributed by atoms with Crippen molar-refractivity contribution in [3.63, 3.8) is 0 Å². The zero-order chi connectivity index (χ0) is 8.39. The molecule has 0 bridgehead atoms. The van der Waals surface area contributed by atoms with Gasteiger partial charge in [-0.15, -0.1) is 0 Å². The van der Waals surface area contributed by atoms with Crippen LogP contribution in [0, 0.1) is 0 Å². The number of hydrogen-bond acceptors (Lipinski definition) is 3. The quantitative estimate of drug-likeness (QED) is 0.617. The topological polar surface area (TPSA) is 35.5 Å². The van der Waals surface area contributed by atoms with Crippen LogP contribution in [0.4, 0.5) is 0 Å². The van der Waals surface area contributed by atoms with E-state index in [0.717, 1.165) is 0 Å². The number of benzene rings is 1. The van der Waals surface area contributed by atoms with Crippen molar-refractivity contribution < 1.29 is 14.3 Å². The molecule has 0 aliphatic carbocycles. The molecule has 3 heteroatoms. The first-order chi connectivity index (χ1) is 5.92. The molecule has 2 rings (SSSR count). The van der Waals surface area contributed by atoms with Gasteiger partial charge in [-0.2, -0.15) is 0 Å². The first-order valence-electron chi connectivity index (χ1n) is 3.68. The van der Waals surface area contributed by atoms with Crippen molar-refractivity contribution in [2.75, 3.05) is 13.2 Å². The Morgan fingerprint density at radius 2 is 2.08 bits per heavy atom. The van der Waals surface area contributed by atoms with Gasteiger partial charge in [0.15, 0.2) is 11.5 Å². The van der Waals surface area contributed by atoms with Gasteiger partial charge >= 0.3 is 0 Å². The van der Waals surface area contributed by atoms with E-state index in [-0.39, 0.29) is 0 Å². The fraction of sp³-hybridized carbons (Fsp3) is 0.222. The highest BCUT2D eigenvalue weighted by molar-refractivity contribution is 5.81. The molecule has 61 valence electrons. The third-order valence-electron chi connectivity index (χ3n) is 1.68. The van der Waals surface area contributed by atoms with Crippen LogP contribution in [-0.4, -0.2) is 19.5 Å². The number of fused-ring (bicyclic) bond motifs is 1. The van der Waals surface area contributed by atoms with Crippen LogP contribution in [0.1, 0.15) is 5.56 Å². The number of para-hydroxylation sites is 1. The SMILES string of the molecule is O=[C]c1cccc2c1OCCO2. The molecule has 1 aliphatic rings. The Morgan fingerprint density at radius 1 is 1.25 bits per heavy atom. The van der Waals surface area contributed by atoms with Gasteiger partial charge in [-0.05, 0) is 12.1 Å². The first-order valence-corrected chi connectivity index (χ1v) is 3.68. The number of carbonyl (C=O) groups excluding carboxylic acids is 1. The van der Waals surface area contributed by atoms with Crippen LogP contribution in [0.25, 0.3) is 0 Å². The van der Waals surface area contributed by atoms with Crippen LogP contribution >= 0.6 is 0 Å². The predicted octanol–water partition coefficient (Wildman–Crippen LogP) is 0.916. The lowest BCUT2D eigenvalue weighted by Gasteiger charge is -2.18.